The van der Waals surface area contributed by atoms with E-state index in [1.54, 1.807) is 13.8 Å². The molecule has 0 aromatic heterocycles. The second kappa shape index (κ2) is 7.07. The lowest BCUT2D eigenvalue weighted by Gasteiger charge is -2.15. The number of hydrogen-bond acceptors (Lipinski definition) is 3. The van der Waals surface area contributed by atoms with Gasteiger partial charge in [0.05, 0.1) is 12.2 Å². The van der Waals surface area contributed by atoms with Gasteiger partial charge in [-0.3, -0.25) is 9.59 Å². The van der Waals surface area contributed by atoms with Gasteiger partial charge in [0.15, 0.2) is 17.5 Å². The lowest BCUT2D eigenvalue weighted by molar-refractivity contribution is -0.127. The Morgan fingerprint density at radius 2 is 1.81 bits per heavy atom. The number of benzene rings is 1. The molecular weight excluding hydrogens is 287 g/mol. The molecular formula is C13H16F3N3O2. The van der Waals surface area contributed by atoms with Crippen LogP contribution in [0.25, 0.3) is 0 Å². The molecule has 0 spiro atoms. The third-order valence-corrected chi connectivity index (χ3v) is 2.93. The van der Waals surface area contributed by atoms with Gasteiger partial charge in [-0.25, -0.2) is 13.2 Å². The second-order valence-corrected chi connectivity index (χ2v) is 4.64. The Labute approximate surface area is 119 Å². The van der Waals surface area contributed by atoms with Crippen LogP contribution in [0.5, 0.6) is 0 Å². The first-order valence-electron chi connectivity index (χ1n) is 6.20. The Hall–Kier alpha value is -2.09. The number of amides is 2. The summed E-state index contributed by atoms with van der Waals surface area (Å²) in [5, 5.41) is 4.34. The molecule has 116 valence electrons. The van der Waals surface area contributed by atoms with E-state index >= 15 is 0 Å². The summed E-state index contributed by atoms with van der Waals surface area (Å²) >= 11 is 0. The molecule has 0 bridgehead atoms. The first-order chi connectivity index (χ1) is 9.73. The van der Waals surface area contributed by atoms with Crippen LogP contribution in [0.2, 0.25) is 0 Å². The zero-order chi connectivity index (χ0) is 16.2. The number of carbonyl (C=O) groups excluding carboxylic acids is 2. The van der Waals surface area contributed by atoms with Gasteiger partial charge in [0.2, 0.25) is 11.8 Å². The molecule has 1 rings (SSSR count). The highest BCUT2D eigenvalue weighted by molar-refractivity contribution is 5.94. The van der Waals surface area contributed by atoms with E-state index in [0.717, 1.165) is 6.07 Å². The molecule has 0 aliphatic heterocycles. The fourth-order valence-electron chi connectivity index (χ4n) is 1.38. The molecule has 2 unspecified atom stereocenters. The van der Waals surface area contributed by atoms with E-state index in [4.69, 9.17) is 5.73 Å². The quantitative estimate of drug-likeness (QED) is 0.713. The molecule has 1 aromatic carbocycles. The maximum Gasteiger partial charge on any atom is 0.243 e. The van der Waals surface area contributed by atoms with Crippen LogP contribution in [0, 0.1) is 23.4 Å². The van der Waals surface area contributed by atoms with E-state index < -0.39 is 53.5 Å². The molecule has 4 N–H and O–H groups in total. The average molecular weight is 303 g/mol. The minimum Gasteiger partial charge on any atom is -0.347 e. The van der Waals surface area contributed by atoms with Crippen molar-refractivity contribution in [3.63, 3.8) is 0 Å². The Morgan fingerprint density at radius 3 is 2.38 bits per heavy atom. The van der Waals surface area contributed by atoms with E-state index in [-0.39, 0.29) is 0 Å². The molecule has 8 heteroatoms. The fourth-order valence-corrected chi connectivity index (χ4v) is 1.38. The number of carbonyl (C=O) groups is 2. The number of halogens is 3. The highest BCUT2D eigenvalue weighted by Gasteiger charge is 2.19. The van der Waals surface area contributed by atoms with E-state index in [9.17, 15) is 22.8 Å². The number of rotatable bonds is 5. The van der Waals surface area contributed by atoms with E-state index in [1.165, 1.54) is 0 Å². The van der Waals surface area contributed by atoms with Crippen LogP contribution in [-0.2, 0) is 9.59 Å². The van der Waals surface area contributed by atoms with Crippen molar-refractivity contribution in [1.29, 1.82) is 0 Å². The lowest BCUT2D eigenvalue weighted by atomic mass is 10.0. The molecule has 5 nitrogen and oxygen atoms in total. The third kappa shape index (κ3) is 4.45. The first-order valence-corrected chi connectivity index (χ1v) is 6.20. The first kappa shape index (κ1) is 17.0. The smallest absolute Gasteiger partial charge is 0.243 e. The van der Waals surface area contributed by atoms with Gasteiger partial charge in [0.25, 0.3) is 0 Å². The predicted octanol–water partition coefficient (Wildman–Crippen LogP) is 1.14. The standard InChI is InChI=1S/C13H16F3N3O2/c1-6(7(2)17)13(21)18-5-10(20)19-9-4-3-8(14)11(15)12(9)16/h3-4,6-7H,5,17H2,1-2H3,(H,18,21)(H,19,20). The van der Waals surface area contributed by atoms with Gasteiger partial charge in [-0.1, -0.05) is 6.92 Å². The summed E-state index contributed by atoms with van der Waals surface area (Å²) < 4.78 is 39.0. The van der Waals surface area contributed by atoms with Gasteiger partial charge in [-0.2, -0.15) is 0 Å². The van der Waals surface area contributed by atoms with Gasteiger partial charge in [-0.15, -0.1) is 0 Å². The van der Waals surface area contributed by atoms with Crippen molar-refractivity contribution < 1.29 is 22.8 Å². The highest BCUT2D eigenvalue weighted by Crippen LogP contribution is 2.19. The number of nitrogens with one attached hydrogen (secondary N) is 2. The Bertz CT molecular complexity index is 550. The molecule has 2 atom stereocenters. The monoisotopic (exact) mass is 303 g/mol. The Balaban J connectivity index is 2.59. The summed E-state index contributed by atoms with van der Waals surface area (Å²) in [6, 6.07) is 1.18. The van der Waals surface area contributed by atoms with Crippen molar-refractivity contribution in [2.45, 2.75) is 19.9 Å². The maximum absolute atomic E-state index is 13.3. The van der Waals surface area contributed by atoms with Gasteiger partial charge in [0.1, 0.15) is 0 Å². The number of hydrogen-bond donors (Lipinski definition) is 3. The van der Waals surface area contributed by atoms with Crippen molar-refractivity contribution >= 4 is 17.5 Å². The topological polar surface area (TPSA) is 84.2 Å². The lowest BCUT2D eigenvalue weighted by Crippen LogP contribution is -2.41. The summed E-state index contributed by atoms with van der Waals surface area (Å²) in [6.45, 7) is 2.79. The molecule has 0 saturated carbocycles. The van der Waals surface area contributed by atoms with E-state index in [0.29, 0.717) is 6.07 Å². The van der Waals surface area contributed by atoms with Crippen LogP contribution in [0.4, 0.5) is 18.9 Å². The van der Waals surface area contributed by atoms with Crippen LogP contribution >= 0.6 is 0 Å². The summed E-state index contributed by atoms with van der Waals surface area (Å²) in [5.74, 6) is -6.25. The van der Waals surface area contributed by atoms with Gasteiger partial charge < -0.3 is 16.4 Å². The van der Waals surface area contributed by atoms with Crippen LogP contribution in [0.15, 0.2) is 12.1 Å². The minimum absolute atomic E-state index is 0.392. The number of anilines is 1. The van der Waals surface area contributed by atoms with Crippen molar-refractivity contribution in [2.75, 3.05) is 11.9 Å². The largest absolute Gasteiger partial charge is 0.347 e. The molecule has 0 saturated heterocycles. The SMILES string of the molecule is CC(N)C(C)C(=O)NCC(=O)Nc1ccc(F)c(F)c1F. The van der Waals surface area contributed by atoms with Crippen LogP contribution in [0.1, 0.15) is 13.8 Å². The van der Waals surface area contributed by atoms with E-state index in [2.05, 4.69) is 5.32 Å². The molecule has 1 aromatic rings. The fraction of sp³-hybridized carbons (Fsp3) is 0.385. The number of nitrogens with two attached hydrogens (primary N) is 1. The molecule has 2 amide bonds. The summed E-state index contributed by atoms with van der Waals surface area (Å²) in [7, 11) is 0. The molecule has 21 heavy (non-hydrogen) atoms. The van der Waals surface area contributed by atoms with Crippen LogP contribution in [-0.4, -0.2) is 24.4 Å². The summed E-state index contributed by atoms with van der Waals surface area (Å²) in [4.78, 5) is 23.1. The van der Waals surface area contributed by atoms with Gasteiger partial charge in [-0.05, 0) is 19.1 Å². The molecule has 0 heterocycles. The second-order valence-electron chi connectivity index (χ2n) is 4.64. The summed E-state index contributed by atoms with van der Waals surface area (Å²) in [6.07, 6.45) is 0. The molecule has 0 aliphatic carbocycles. The predicted molar refractivity (Wildman–Crippen MR) is 70.8 cm³/mol. The highest BCUT2D eigenvalue weighted by atomic mass is 19.2. The van der Waals surface area contributed by atoms with Crippen LogP contribution < -0.4 is 16.4 Å². The third-order valence-electron chi connectivity index (χ3n) is 2.93. The van der Waals surface area contributed by atoms with Gasteiger partial charge >= 0.3 is 0 Å². The van der Waals surface area contributed by atoms with Crippen molar-refractivity contribution in [3.05, 3.63) is 29.6 Å². The van der Waals surface area contributed by atoms with Crippen LogP contribution in [0.3, 0.4) is 0 Å². The van der Waals surface area contributed by atoms with Crippen molar-refractivity contribution in [1.82, 2.24) is 5.32 Å². The average Bonchev–Trinajstić information content (AvgIpc) is 2.44. The summed E-state index contributed by atoms with van der Waals surface area (Å²) in [5.41, 5.74) is 5.02. The van der Waals surface area contributed by atoms with Crippen molar-refractivity contribution in [3.8, 4) is 0 Å². The molecule has 0 radical (unpaired) electrons. The van der Waals surface area contributed by atoms with Gasteiger partial charge in [0, 0.05) is 12.0 Å². The maximum atomic E-state index is 13.3. The van der Waals surface area contributed by atoms with E-state index in [1.807, 2.05) is 5.32 Å². The normalized spacial score (nSPS) is 13.4. The Morgan fingerprint density at radius 1 is 1.19 bits per heavy atom. The zero-order valence-corrected chi connectivity index (χ0v) is 11.5. The van der Waals surface area contributed by atoms with Crippen molar-refractivity contribution in [2.24, 2.45) is 11.7 Å². The molecule has 0 aliphatic rings. The minimum atomic E-state index is -1.68. The zero-order valence-electron chi connectivity index (χ0n) is 11.5. The Kier molecular flexibility index (Phi) is 5.71. The molecule has 0 fully saturated rings.